The van der Waals surface area contributed by atoms with Crippen LogP contribution in [0.15, 0.2) is 47.8 Å². The van der Waals surface area contributed by atoms with Crippen molar-refractivity contribution in [3.63, 3.8) is 0 Å². The quantitative estimate of drug-likeness (QED) is 0.673. The molecule has 0 bridgehead atoms. The maximum Gasteiger partial charge on any atom is 0.236 e. The molecule has 26 heavy (non-hydrogen) atoms. The molecule has 134 valence electrons. The predicted octanol–water partition coefficient (Wildman–Crippen LogP) is 3.02. The number of aryl methyl sites for hydroxylation is 2. The van der Waals surface area contributed by atoms with E-state index >= 15 is 0 Å². The van der Waals surface area contributed by atoms with Gasteiger partial charge in [0, 0.05) is 11.9 Å². The standard InChI is InChI=1S/C18H19N5O2S/c1-12-4-9-16(19-10-12)20-17(24)11-26-18-22-21-13(2)23(18)14-5-7-15(25-3)8-6-14/h4-10H,11H2,1-3H3,(H,19,20,24). The maximum absolute atomic E-state index is 12.2. The molecule has 8 heteroatoms. The molecule has 0 aliphatic carbocycles. The second-order valence-electron chi connectivity index (χ2n) is 5.62. The van der Waals surface area contributed by atoms with Crippen molar-refractivity contribution in [1.82, 2.24) is 19.7 Å². The van der Waals surface area contributed by atoms with Crippen LogP contribution in [0.25, 0.3) is 5.69 Å². The number of hydrogen-bond donors (Lipinski definition) is 1. The Hall–Kier alpha value is -2.87. The zero-order chi connectivity index (χ0) is 18.5. The van der Waals surface area contributed by atoms with Gasteiger partial charge < -0.3 is 10.1 Å². The minimum Gasteiger partial charge on any atom is -0.497 e. The fraction of sp³-hybridized carbons (Fsp3) is 0.222. The summed E-state index contributed by atoms with van der Waals surface area (Å²) in [5.41, 5.74) is 1.96. The van der Waals surface area contributed by atoms with E-state index in [1.165, 1.54) is 11.8 Å². The lowest BCUT2D eigenvalue weighted by molar-refractivity contribution is -0.113. The number of pyridine rings is 1. The van der Waals surface area contributed by atoms with Crippen LogP contribution in [0.1, 0.15) is 11.4 Å². The number of nitrogens with one attached hydrogen (secondary N) is 1. The molecule has 0 aliphatic heterocycles. The van der Waals surface area contributed by atoms with Crippen LogP contribution >= 0.6 is 11.8 Å². The lowest BCUT2D eigenvalue weighted by atomic mass is 10.3. The van der Waals surface area contributed by atoms with Gasteiger partial charge in [0.15, 0.2) is 5.16 Å². The normalized spacial score (nSPS) is 10.6. The molecule has 3 aromatic rings. The van der Waals surface area contributed by atoms with Crippen LogP contribution in [-0.2, 0) is 4.79 Å². The number of thioether (sulfide) groups is 1. The third-order valence-electron chi connectivity index (χ3n) is 3.64. The summed E-state index contributed by atoms with van der Waals surface area (Å²) in [6.07, 6.45) is 1.71. The highest BCUT2D eigenvalue weighted by molar-refractivity contribution is 7.99. The number of anilines is 1. The second-order valence-corrected chi connectivity index (χ2v) is 6.56. The lowest BCUT2D eigenvalue weighted by Crippen LogP contribution is -2.15. The molecule has 1 aromatic carbocycles. The minimum absolute atomic E-state index is 0.145. The molecule has 2 aromatic heterocycles. The Balaban J connectivity index is 1.68. The van der Waals surface area contributed by atoms with Crippen LogP contribution < -0.4 is 10.1 Å². The van der Waals surface area contributed by atoms with Crippen LogP contribution in [-0.4, -0.2) is 38.5 Å². The zero-order valence-corrected chi connectivity index (χ0v) is 15.6. The number of benzene rings is 1. The first-order chi connectivity index (χ1) is 12.6. The highest BCUT2D eigenvalue weighted by atomic mass is 32.2. The van der Waals surface area contributed by atoms with E-state index in [2.05, 4.69) is 20.5 Å². The number of rotatable bonds is 6. The number of methoxy groups -OCH3 is 1. The van der Waals surface area contributed by atoms with Gasteiger partial charge in [-0.15, -0.1) is 10.2 Å². The van der Waals surface area contributed by atoms with Gasteiger partial charge in [0.05, 0.1) is 12.9 Å². The van der Waals surface area contributed by atoms with Crippen molar-refractivity contribution in [1.29, 1.82) is 0 Å². The molecule has 1 N–H and O–H groups in total. The van der Waals surface area contributed by atoms with E-state index in [9.17, 15) is 4.79 Å². The third-order valence-corrected chi connectivity index (χ3v) is 4.57. The average Bonchev–Trinajstić information content (AvgIpc) is 3.02. The van der Waals surface area contributed by atoms with Gasteiger partial charge in [-0.25, -0.2) is 4.98 Å². The molecule has 0 saturated carbocycles. The van der Waals surface area contributed by atoms with Gasteiger partial charge in [-0.1, -0.05) is 17.8 Å². The van der Waals surface area contributed by atoms with E-state index in [1.807, 2.05) is 48.7 Å². The maximum atomic E-state index is 12.2. The van der Waals surface area contributed by atoms with E-state index in [-0.39, 0.29) is 11.7 Å². The van der Waals surface area contributed by atoms with Crippen LogP contribution in [0.2, 0.25) is 0 Å². The first-order valence-corrected chi connectivity index (χ1v) is 8.97. The first kappa shape index (κ1) is 17.9. The molecule has 3 rings (SSSR count). The van der Waals surface area contributed by atoms with Crippen LogP contribution in [0.5, 0.6) is 5.75 Å². The predicted molar refractivity (Wildman–Crippen MR) is 101 cm³/mol. The molecular formula is C18H19N5O2S. The Bertz CT molecular complexity index is 891. The molecule has 0 radical (unpaired) electrons. The molecular weight excluding hydrogens is 350 g/mol. The summed E-state index contributed by atoms with van der Waals surface area (Å²) in [5, 5.41) is 11.7. The van der Waals surface area contributed by atoms with Crippen LogP contribution in [0.3, 0.4) is 0 Å². The van der Waals surface area contributed by atoms with E-state index in [4.69, 9.17) is 4.74 Å². The van der Waals surface area contributed by atoms with Gasteiger partial charge in [0.2, 0.25) is 5.91 Å². The summed E-state index contributed by atoms with van der Waals surface area (Å²) in [5.74, 6) is 2.13. The third kappa shape index (κ3) is 4.20. The fourth-order valence-corrected chi connectivity index (χ4v) is 3.11. The van der Waals surface area contributed by atoms with Gasteiger partial charge in [0.1, 0.15) is 17.4 Å². The number of nitrogens with zero attached hydrogens (tertiary/aromatic N) is 4. The Morgan fingerprint density at radius 3 is 2.58 bits per heavy atom. The summed E-state index contributed by atoms with van der Waals surface area (Å²) in [6, 6.07) is 11.3. The van der Waals surface area contributed by atoms with Gasteiger partial charge in [-0.05, 0) is 49.7 Å². The van der Waals surface area contributed by atoms with E-state index in [1.54, 1.807) is 19.4 Å². The molecule has 0 atom stereocenters. The average molecular weight is 369 g/mol. The van der Waals surface area contributed by atoms with Crippen molar-refractivity contribution in [2.45, 2.75) is 19.0 Å². The van der Waals surface area contributed by atoms with Crippen LogP contribution in [0, 0.1) is 13.8 Å². The number of carbonyl (C=O) groups is 1. The Morgan fingerprint density at radius 1 is 1.15 bits per heavy atom. The first-order valence-electron chi connectivity index (χ1n) is 7.98. The highest BCUT2D eigenvalue weighted by Gasteiger charge is 2.14. The summed E-state index contributed by atoms with van der Waals surface area (Å²) in [7, 11) is 1.63. The summed E-state index contributed by atoms with van der Waals surface area (Å²) >= 11 is 1.32. The van der Waals surface area contributed by atoms with Gasteiger partial charge in [-0.3, -0.25) is 9.36 Å². The van der Waals surface area contributed by atoms with Gasteiger partial charge in [-0.2, -0.15) is 0 Å². The SMILES string of the molecule is COc1ccc(-n2c(C)nnc2SCC(=O)Nc2ccc(C)cn2)cc1. The van der Waals surface area contributed by atoms with Crippen LogP contribution in [0.4, 0.5) is 5.82 Å². The van der Waals surface area contributed by atoms with Gasteiger partial charge >= 0.3 is 0 Å². The summed E-state index contributed by atoms with van der Waals surface area (Å²) in [6.45, 7) is 3.82. The van der Waals surface area contributed by atoms with Crippen molar-refractivity contribution >= 4 is 23.5 Å². The molecule has 0 spiro atoms. The molecule has 0 aliphatic rings. The van der Waals surface area contributed by atoms with Crippen molar-refractivity contribution in [3.05, 3.63) is 54.0 Å². The Labute approximate surface area is 155 Å². The number of aromatic nitrogens is 4. The fourth-order valence-electron chi connectivity index (χ4n) is 2.32. The lowest BCUT2D eigenvalue weighted by Gasteiger charge is -2.09. The minimum atomic E-state index is -0.145. The second kappa shape index (κ2) is 8.01. The summed E-state index contributed by atoms with van der Waals surface area (Å²) in [4.78, 5) is 16.3. The molecule has 0 fully saturated rings. The largest absolute Gasteiger partial charge is 0.497 e. The summed E-state index contributed by atoms with van der Waals surface area (Å²) < 4.78 is 7.09. The number of amides is 1. The molecule has 7 nitrogen and oxygen atoms in total. The zero-order valence-electron chi connectivity index (χ0n) is 14.8. The van der Waals surface area contributed by atoms with E-state index in [0.29, 0.717) is 11.0 Å². The van der Waals surface area contributed by atoms with E-state index < -0.39 is 0 Å². The van der Waals surface area contributed by atoms with Crippen molar-refractivity contribution < 1.29 is 9.53 Å². The molecule has 2 heterocycles. The monoisotopic (exact) mass is 369 g/mol. The number of carbonyl (C=O) groups excluding carboxylic acids is 1. The topological polar surface area (TPSA) is 81.9 Å². The number of hydrogen-bond acceptors (Lipinski definition) is 6. The number of ether oxygens (including phenoxy) is 1. The Kier molecular flexibility index (Phi) is 5.52. The molecule has 0 saturated heterocycles. The van der Waals surface area contributed by atoms with E-state index in [0.717, 1.165) is 22.8 Å². The van der Waals surface area contributed by atoms with Crippen molar-refractivity contribution in [2.75, 3.05) is 18.2 Å². The van der Waals surface area contributed by atoms with Gasteiger partial charge in [0.25, 0.3) is 0 Å². The van der Waals surface area contributed by atoms with Crippen molar-refractivity contribution in [2.24, 2.45) is 0 Å². The molecule has 1 amide bonds. The van der Waals surface area contributed by atoms with Crippen molar-refractivity contribution in [3.8, 4) is 11.4 Å². The molecule has 0 unspecified atom stereocenters. The highest BCUT2D eigenvalue weighted by Crippen LogP contribution is 2.23. The Morgan fingerprint density at radius 2 is 1.92 bits per heavy atom. The smallest absolute Gasteiger partial charge is 0.236 e.